The minimum atomic E-state index is 1.06. The van der Waals surface area contributed by atoms with Crippen LogP contribution >= 0.6 is 0 Å². The van der Waals surface area contributed by atoms with E-state index in [0.29, 0.717) is 0 Å². The second-order valence-electron chi connectivity index (χ2n) is 25.4. The maximum absolute atomic E-state index is 1.89. The Kier molecular flexibility index (Phi) is 0.759. The van der Waals surface area contributed by atoms with Crippen molar-refractivity contribution in [1.82, 2.24) is 0 Å². The zero-order chi connectivity index (χ0) is 22.4. The summed E-state index contributed by atoms with van der Waals surface area (Å²) >= 11 is 0. The monoisotopic (exact) mass is 508 g/mol. The molecule has 0 nitrogen and oxygen atoms in total. The molecule has 35 unspecified atom stereocenters. The zero-order valence-electron chi connectivity index (χ0n) is 22.4. The van der Waals surface area contributed by atoms with Crippen LogP contribution in [0.2, 0.25) is 0 Å². The Balaban J connectivity index is 0.968. The molecule has 0 heteroatoms. The lowest BCUT2D eigenvalue weighted by molar-refractivity contribution is -1.15. The van der Waals surface area contributed by atoms with Gasteiger partial charge in [-0.15, -0.1) is 0 Å². The minimum absolute atomic E-state index is 1.06. The minimum Gasteiger partial charge on any atom is -0.0464 e. The average molecular weight is 509 g/mol. The molecule has 0 aromatic carbocycles. The summed E-state index contributed by atoms with van der Waals surface area (Å²) in [7, 11) is 0. The first-order valence-corrected chi connectivity index (χ1v) is 19.8. The van der Waals surface area contributed by atoms with Gasteiger partial charge < -0.3 is 0 Å². The topological polar surface area (TPSA) is 0 Å². The molecule has 27 aliphatic rings. The highest BCUT2D eigenvalue weighted by Gasteiger charge is 3.61. The van der Waals surface area contributed by atoms with Gasteiger partial charge in [0, 0.05) is 0 Å². The first kappa shape index (κ1) is 14.0. The van der Waals surface area contributed by atoms with E-state index in [9.17, 15) is 0 Å². The van der Waals surface area contributed by atoms with Crippen molar-refractivity contribution >= 4 is 0 Å². The van der Waals surface area contributed by atoms with Crippen molar-refractivity contribution in [3.05, 3.63) is 0 Å². The Morgan fingerprint density at radius 3 is 1.88 bits per heavy atom. The van der Waals surface area contributed by atoms with E-state index < -0.39 is 0 Å². The van der Waals surface area contributed by atoms with Gasteiger partial charge in [-0.3, -0.25) is 0 Å². The predicted molar refractivity (Wildman–Crippen MR) is 127 cm³/mol. The third kappa shape index (κ3) is 0.320. The fourth-order valence-electron chi connectivity index (χ4n) is 41.4. The van der Waals surface area contributed by atoms with Gasteiger partial charge in [0.1, 0.15) is 0 Å². The molecule has 27 fully saturated rings. The van der Waals surface area contributed by atoms with Gasteiger partial charge in [0.15, 0.2) is 0 Å². The normalized spacial score (nSPS) is 133. The van der Waals surface area contributed by atoms with E-state index >= 15 is 0 Å². The molecule has 0 aliphatic heterocycles. The number of hydrogen-bond donors (Lipinski definition) is 0. The molecule has 0 saturated heterocycles. The van der Waals surface area contributed by atoms with E-state index in [4.69, 9.17) is 0 Å². The fourth-order valence-corrected chi connectivity index (χ4v) is 41.4. The summed E-state index contributed by atoms with van der Waals surface area (Å²) in [5.74, 6) is 24.7. The van der Waals surface area contributed by atoms with Gasteiger partial charge >= 0.3 is 0 Å². The van der Waals surface area contributed by atoms with Crippen LogP contribution in [0, 0.1) is 199 Å². The highest BCUT2D eigenvalue weighted by atomic mass is 15.6. The van der Waals surface area contributed by atoms with Crippen molar-refractivity contribution in [1.29, 1.82) is 0 Å². The summed E-state index contributed by atoms with van der Waals surface area (Å²) in [4.78, 5) is 0. The van der Waals surface area contributed by atoms with Crippen LogP contribution in [0.5, 0.6) is 0 Å². The van der Waals surface area contributed by atoms with Crippen molar-refractivity contribution in [2.24, 2.45) is 199 Å². The molecule has 35 atom stereocenters. The van der Waals surface area contributed by atoms with Gasteiger partial charge in [0.2, 0.25) is 0 Å². The molecule has 17 spiro atoms. The van der Waals surface area contributed by atoms with E-state index in [1.165, 1.54) is 107 Å². The summed E-state index contributed by atoms with van der Waals surface area (Å²) < 4.78 is 0. The maximum atomic E-state index is 1.89. The third-order valence-electron chi connectivity index (χ3n) is 33.2. The molecule has 0 radical (unpaired) electrons. The van der Waals surface area contributed by atoms with Gasteiger partial charge in [0.05, 0.1) is 0 Å². The summed E-state index contributed by atoms with van der Waals surface area (Å²) in [6, 6.07) is 0. The van der Waals surface area contributed by atoms with Gasteiger partial charge in [-0.25, -0.2) is 0 Å². The molecule has 40 heavy (non-hydrogen) atoms. The Bertz CT molecular complexity index is 2350. The zero-order valence-corrected chi connectivity index (χ0v) is 22.4. The number of fused-ring (bicyclic) bond motifs is 10. The third-order valence-corrected chi connectivity index (χ3v) is 33.2. The Morgan fingerprint density at radius 1 is 0.375 bits per heavy atom. The summed E-state index contributed by atoms with van der Waals surface area (Å²) in [5, 5.41) is 0. The van der Waals surface area contributed by atoms with Crippen LogP contribution in [-0.2, 0) is 0 Å². The molecule has 0 aromatic heterocycles. The fraction of sp³-hybridized carbons (Fsp3) is 1.00. The lowest BCUT2D eigenvalue weighted by Crippen LogP contribution is -3.58. The van der Waals surface area contributed by atoms with E-state index in [1.807, 2.05) is 19.3 Å². The molecule has 188 valence electrons. The Hall–Kier alpha value is 0. The standard InChI is InChI=1S/C40H28/c1-6-2-10-16-20-21-19-15-9-3-7-4-11-22-25(7,9)29(15)33(19)35(21)34(20)30(16)26(6,10)23-14-8(1)13-18-17-12-5-24(11)28(12)32(17)31(18)27(13,14)37(23,30)39(31,34)40(32,35)38(28,33)36(22,24)29/h6-23H,1-5H2. The first-order chi connectivity index (χ1) is 19.8. The SMILES string of the molecule is C1C2CC3C4C25C1C1C2C6C7C8C9CC%10CC%11C%12C%13C%109C89C%138C%12%10C%11C%11C%12C%13CC3%14C43C15C21C62C79C84C%11%10C%125C%13%14C31C524. The van der Waals surface area contributed by atoms with E-state index in [0.717, 1.165) is 92.1 Å². The summed E-state index contributed by atoms with van der Waals surface area (Å²) in [6.07, 6.45) is 9.16. The molecule has 0 N–H and O–H groups in total. The predicted octanol–water partition coefficient (Wildman–Crippen LogP) is 4.16. The van der Waals surface area contributed by atoms with E-state index in [2.05, 4.69) is 0 Å². The average Bonchev–Trinajstić information content (AvgIpc) is 3.06. The molecule has 27 aliphatic carbocycles. The number of rotatable bonds is 0. The van der Waals surface area contributed by atoms with Gasteiger partial charge in [0.25, 0.3) is 0 Å². The molecular formula is C40H28. The quantitative estimate of drug-likeness (QED) is 0.461. The molecule has 0 bridgehead atoms. The second kappa shape index (κ2) is 2.17. The van der Waals surface area contributed by atoms with Crippen LogP contribution < -0.4 is 0 Å². The van der Waals surface area contributed by atoms with Gasteiger partial charge in [-0.05, 0) is 231 Å². The highest BCUT2D eigenvalue weighted by Crippen LogP contribution is 3.62. The first-order valence-electron chi connectivity index (χ1n) is 19.8. The highest BCUT2D eigenvalue weighted by molar-refractivity contribution is 6.05. The summed E-state index contributed by atoms with van der Waals surface area (Å²) in [5.41, 5.74) is 18.9. The lowest BCUT2D eigenvalue weighted by atomic mass is 8.43. The van der Waals surface area contributed by atoms with Crippen LogP contribution in [0.1, 0.15) is 32.1 Å². The van der Waals surface area contributed by atoms with Crippen LogP contribution in [0.4, 0.5) is 0 Å². The molecule has 0 heterocycles. The van der Waals surface area contributed by atoms with Crippen LogP contribution in [0.25, 0.3) is 0 Å². The van der Waals surface area contributed by atoms with Crippen LogP contribution in [0.15, 0.2) is 0 Å². The van der Waals surface area contributed by atoms with Crippen molar-refractivity contribution in [3.8, 4) is 0 Å². The molecule has 27 saturated carbocycles. The van der Waals surface area contributed by atoms with E-state index in [-0.39, 0.29) is 0 Å². The smallest absolute Gasteiger partial charge is 0.000740 e. The van der Waals surface area contributed by atoms with Crippen LogP contribution in [0.3, 0.4) is 0 Å². The Labute approximate surface area is 230 Å². The molecule has 27 rings (SSSR count). The lowest BCUT2D eigenvalue weighted by Gasteiger charge is -3.59. The van der Waals surface area contributed by atoms with Crippen molar-refractivity contribution in [2.45, 2.75) is 32.1 Å². The molecular weight excluding hydrogens is 480 g/mol. The number of hydrogen-bond acceptors (Lipinski definition) is 0. The summed E-state index contributed by atoms with van der Waals surface area (Å²) in [6.45, 7) is 0. The molecule has 0 aromatic rings. The molecule has 0 amide bonds. The van der Waals surface area contributed by atoms with Gasteiger partial charge in [-0.1, -0.05) is 0 Å². The van der Waals surface area contributed by atoms with Crippen LogP contribution in [-0.4, -0.2) is 0 Å². The van der Waals surface area contributed by atoms with Crippen molar-refractivity contribution in [3.63, 3.8) is 0 Å². The van der Waals surface area contributed by atoms with Crippen molar-refractivity contribution < 1.29 is 0 Å². The maximum Gasteiger partial charge on any atom is -0.000740 e. The largest absolute Gasteiger partial charge is 0.0464 e. The van der Waals surface area contributed by atoms with Gasteiger partial charge in [-0.2, -0.15) is 0 Å². The van der Waals surface area contributed by atoms with Crippen molar-refractivity contribution in [2.75, 3.05) is 0 Å². The second-order valence-corrected chi connectivity index (χ2v) is 25.4. The van der Waals surface area contributed by atoms with E-state index in [1.54, 1.807) is 12.8 Å². The Morgan fingerprint density at radius 2 is 1.00 bits per heavy atom.